The van der Waals surface area contributed by atoms with Crippen LogP contribution in [0.15, 0.2) is 4.76 Å². The van der Waals surface area contributed by atoms with Crippen LogP contribution in [-0.4, -0.2) is 68.9 Å². The number of ether oxygens (including phenoxy) is 1. The summed E-state index contributed by atoms with van der Waals surface area (Å²) in [4.78, 5) is 3.92. The van der Waals surface area contributed by atoms with E-state index in [0.29, 0.717) is 12.6 Å². The van der Waals surface area contributed by atoms with Gasteiger partial charge in [-0.1, -0.05) is 27.2 Å². The quantitative estimate of drug-likeness (QED) is 0.606. The fraction of sp³-hybridized carbons (Fsp3) is 0.941. The maximum absolute atomic E-state index is 13.1. The monoisotopic (exact) mass is 375 g/mol. The molecule has 0 aromatic carbocycles. The Balaban J connectivity index is 2.09. The highest BCUT2D eigenvalue weighted by Crippen LogP contribution is 2.53. The van der Waals surface area contributed by atoms with Crippen molar-refractivity contribution in [2.24, 2.45) is 10.2 Å². The average Bonchev–Trinajstić information content (AvgIpc) is 3.08. The lowest BCUT2D eigenvalue weighted by molar-refractivity contribution is 0.0153. The van der Waals surface area contributed by atoms with E-state index in [1.54, 1.807) is 0 Å². The van der Waals surface area contributed by atoms with Gasteiger partial charge in [0.15, 0.2) is 0 Å². The first-order valence-corrected chi connectivity index (χ1v) is 10.7. The van der Waals surface area contributed by atoms with Gasteiger partial charge in [0.25, 0.3) is 0 Å². The van der Waals surface area contributed by atoms with Crippen molar-refractivity contribution in [3.8, 4) is 0 Å². The van der Waals surface area contributed by atoms with Crippen molar-refractivity contribution in [3.63, 3.8) is 0 Å². The summed E-state index contributed by atoms with van der Waals surface area (Å²) in [5.41, 5.74) is 0.167. The van der Waals surface area contributed by atoms with Crippen LogP contribution >= 0.6 is 7.75 Å². The Morgan fingerprint density at radius 3 is 2.52 bits per heavy atom. The molecule has 0 aliphatic carbocycles. The van der Waals surface area contributed by atoms with E-state index in [1.807, 2.05) is 23.9 Å². The molecule has 2 heterocycles. The van der Waals surface area contributed by atoms with E-state index in [-0.39, 0.29) is 17.6 Å². The first-order valence-electron chi connectivity index (χ1n) is 9.18. The van der Waals surface area contributed by atoms with Gasteiger partial charge in [-0.3, -0.25) is 9.05 Å². The van der Waals surface area contributed by atoms with E-state index in [0.717, 1.165) is 38.8 Å². The predicted molar refractivity (Wildman–Crippen MR) is 99.8 cm³/mol. The van der Waals surface area contributed by atoms with Gasteiger partial charge in [0.2, 0.25) is 5.96 Å². The molecule has 0 saturated carbocycles. The zero-order chi connectivity index (χ0) is 18.7. The molecule has 0 radical (unpaired) electrons. The van der Waals surface area contributed by atoms with Crippen LogP contribution in [0.25, 0.3) is 0 Å². The molecule has 0 aromatic heterocycles. The van der Waals surface area contributed by atoms with E-state index in [2.05, 4.69) is 25.5 Å². The van der Waals surface area contributed by atoms with Crippen LogP contribution in [0, 0.1) is 5.41 Å². The van der Waals surface area contributed by atoms with E-state index >= 15 is 0 Å². The standard InChI is InChI=1S/C17H34N3O4P/c1-7-9-17(2,3)13-15-14(8-12-23-15)24-25(21,22-6)18-16-19(4)10-11-20(16)5/h14-15H,7-13H2,1-6H3/t14-,15?,25?/m1/s1. The fourth-order valence-corrected chi connectivity index (χ4v) is 4.92. The largest absolute Gasteiger partial charge is 0.457 e. The Hall–Kier alpha value is -0.620. The molecule has 0 spiro atoms. The minimum atomic E-state index is -3.57. The first-order chi connectivity index (χ1) is 11.7. The Bertz CT molecular complexity index is 514. The second-order valence-corrected chi connectivity index (χ2v) is 9.57. The molecule has 3 atom stereocenters. The Morgan fingerprint density at radius 1 is 1.32 bits per heavy atom. The van der Waals surface area contributed by atoms with Crippen molar-refractivity contribution in [1.29, 1.82) is 0 Å². The van der Waals surface area contributed by atoms with E-state index in [1.165, 1.54) is 7.11 Å². The molecular weight excluding hydrogens is 341 g/mol. The Kier molecular flexibility index (Phi) is 6.94. The molecule has 2 aliphatic heterocycles. The molecule has 8 heteroatoms. The maximum atomic E-state index is 13.1. The summed E-state index contributed by atoms with van der Waals surface area (Å²) < 4.78 is 34.4. The molecule has 2 unspecified atom stereocenters. The van der Waals surface area contributed by atoms with Crippen LogP contribution in [0.4, 0.5) is 0 Å². The highest BCUT2D eigenvalue weighted by molar-refractivity contribution is 7.52. The van der Waals surface area contributed by atoms with Gasteiger partial charge >= 0.3 is 7.75 Å². The molecule has 7 nitrogen and oxygen atoms in total. The van der Waals surface area contributed by atoms with Crippen LogP contribution in [0.1, 0.15) is 46.5 Å². The van der Waals surface area contributed by atoms with Crippen molar-refractivity contribution >= 4 is 13.7 Å². The van der Waals surface area contributed by atoms with Crippen LogP contribution in [0.2, 0.25) is 0 Å². The molecule has 0 N–H and O–H groups in total. The Labute approximate surface area is 152 Å². The van der Waals surface area contributed by atoms with Crippen LogP contribution in [0.5, 0.6) is 0 Å². The van der Waals surface area contributed by atoms with Gasteiger partial charge in [0.1, 0.15) is 0 Å². The number of rotatable bonds is 8. The van der Waals surface area contributed by atoms with Gasteiger partial charge < -0.3 is 14.5 Å². The topological polar surface area (TPSA) is 63.6 Å². The molecule has 0 aromatic rings. The average molecular weight is 375 g/mol. The molecule has 0 bridgehead atoms. The molecule has 0 amide bonds. The van der Waals surface area contributed by atoms with Crippen molar-refractivity contribution in [1.82, 2.24) is 9.80 Å². The summed E-state index contributed by atoms with van der Waals surface area (Å²) in [7, 11) is 1.68. The molecule has 2 aliphatic rings. The number of hydrogen-bond donors (Lipinski definition) is 0. The lowest BCUT2D eigenvalue weighted by Gasteiger charge is -2.30. The highest BCUT2D eigenvalue weighted by atomic mass is 31.2. The van der Waals surface area contributed by atoms with E-state index in [4.69, 9.17) is 13.8 Å². The predicted octanol–water partition coefficient (Wildman–Crippen LogP) is 3.36. The van der Waals surface area contributed by atoms with Crippen molar-refractivity contribution < 1.29 is 18.3 Å². The van der Waals surface area contributed by atoms with Crippen LogP contribution < -0.4 is 0 Å². The lowest BCUT2D eigenvalue weighted by atomic mass is 9.81. The van der Waals surface area contributed by atoms with Crippen molar-refractivity contribution in [2.75, 3.05) is 40.9 Å². The number of hydrogen-bond acceptors (Lipinski definition) is 4. The normalized spacial score (nSPS) is 27.0. The van der Waals surface area contributed by atoms with E-state index in [9.17, 15) is 4.57 Å². The third-order valence-electron chi connectivity index (χ3n) is 4.99. The van der Waals surface area contributed by atoms with Gasteiger partial charge in [-0.25, -0.2) is 4.57 Å². The third kappa shape index (κ3) is 5.43. The smallest absolute Gasteiger partial charge is 0.375 e. The zero-order valence-electron chi connectivity index (χ0n) is 16.5. The van der Waals surface area contributed by atoms with Gasteiger partial charge in [0.05, 0.1) is 12.2 Å². The molecule has 2 saturated heterocycles. The van der Waals surface area contributed by atoms with Crippen LogP contribution in [0.3, 0.4) is 0 Å². The number of nitrogens with zero attached hydrogens (tertiary/aromatic N) is 3. The second kappa shape index (κ2) is 8.38. The van der Waals surface area contributed by atoms with Crippen molar-refractivity contribution in [3.05, 3.63) is 0 Å². The van der Waals surface area contributed by atoms with Crippen molar-refractivity contribution in [2.45, 2.75) is 58.7 Å². The summed E-state index contributed by atoms with van der Waals surface area (Å²) in [5, 5.41) is 0. The lowest BCUT2D eigenvalue weighted by Crippen LogP contribution is -2.31. The SMILES string of the molecule is CCCC(C)(C)CC1OCC[C@H]1OP(=O)(N=C1N(C)CCN1C)OC. The molecular formula is C17H34N3O4P. The van der Waals surface area contributed by atoms with Crippen LogP contribution in [-0.2, 0) is 18.3 Å². The van der Waals surface area contributed by atoms with E-state index < -0.39 is 7.75 Å². The summed E-state index contributed by atoms with van der Waals surface area (Å²) >= 11 is 0. The molecule has 146 valence electrons. The molecule has 2 rings (SSSR count). The summed E-state index contributed by atoms with van der Waals surface area (Å²) in [6.45, 7) is 8.99. The van der Waals surface area contributed by atoms with Gasteiger partial charge in [-0.15, -0.1) is 4.76 Å². The minimum Gasteiger partial charge on any atom is -0.375 e. The Morgan fingerprint density at radius 2 is 1.96 bits per heavy atom. The number of likely N-dealkylation sites (N-methyl/N-ethyl adjacent to an activating group) is 2. The molecule has 25 heavy (non-hydrogen) atoms. The van der Waals surface area contributed by atoms with Gasteiger partial charge in [-0.05, 0) is 18.3 Å². The summed E-state index contributed by atoms with van der Waals surface area (Å²) in [5.74, 6) is 0.645. The molecule has 2 fully saturated rings. The number of guanidine groups is 1. The fourth-order valence-electron chi connectivity index (χ4n) is 3.60. The summed E-state index contributed by atoms with van der Waals surface area (Å²) in [6, 6.07) is 0. The van der Waals surface area contributed by atoms with Gasteiger partial charge in [0, 0.05) is 47.3 Å². The minimum absolute atomic E-state index is 0.0655. The zero-order valence-corrected chi connectivity index (χ0v) is 17.4. The third-order valence-corrected chi connectivity index (χ3v) is 6.42. The first kappa shape index (κ1) is 20.7. The summed E-state index contributed by atoms with van der Waals surface area (Å²) in [6.07, 6.45) is 3.54. The highest BCUT2D eigenvalue weighted by Gasteiger charge is 2.40. The maximum Gasteiger partial charge on any atom is 0.457 e. The van der Waals surface area contributed by atoms with Gasteiger partial charge in [-0.2, -0.15) is 0 Å². The second-order valence-electron chi connectivity index (χ2n) is 7.85.